The molecule has 0 spiro atoms. The first-order valence-corrected chi connectivity index (χ1v) is 40.7. The van der Waals surface area contributed by atoms with Crippen LogP contribution in [-0.4, -0.2) is 84.7 Å². The third kappa shape index (κ3) is 62.4. The molecule has 0 unspecified atom stereocenters. The maximum atomic E-state index is 4.28. The first kappa shape index (κ1) is 116. The molecule has 4 aromatic carbocycles. The lowest BCUT2D eigenvalue weighted by Gasteiger charge is -1.98. The van der Waals surface area contributed by atoms with Crippen molar-refractivity contribution in [2.75, 3.05) is 0 Å². The summed E-state index contributed by atoms with van der Waals surface area (Å²) in [6.45, 7) is 65.9. The van der Waals surface area contributed by atoms with Crippen LogP contribution in [0, 0.1) is 76.2 Å². The predicted octanol–water partition coefficient (Wildman–Crippen LogP) is 27.6. The molecule has 115 heavy (non-hydrogen) atoms. The van der Waals surface area contributed by atoms with E-state index in [4.69, 9.17) is 0 Å². The summed E-state index contributed by atoms with van der Waals surface area (Å²) in [5.74, 6) is 1.58. The molecule has 0 N–H and O–H groups in total. The molecule has 0 bridgehead atoms. The largest absolute Gasteiger partial charge is 0.265 e. The molecule has 0 saturated heterocycles. The van der Waals surface area contributed by atoms with E-state index in [1.165, 1.54) is 91.0 Å². The molecule has 0 atom stereocenters. The van der Waals surface area contributed by atoms with Crippen LogP contribution in [0.2, 0.25) is 0 Å². The van der Waals surface area contributed by atoms with Gasteiger partial charge < -0.3 is 0 Å². The van der Waals surface area contributed by atoms with Crippen molar-refractivity contribution in [3.63, 3.8) is 0 Å². The molecule has 0 aliphatic rings. The van der Waals surface area contributed by atoms with Gasteiger partial charge in [0.15, 0.2) is 0 Å². The summed E-state index contributed by atoms with van der Waals surface area (Å²) >= 11 is 0. The van der Waals surface area contributed by atoms with Gasteiger partial charge in [0.25, 0.3) is 0 Å². The molecule has 11 heterocycles. The van der Waals surface area contributed by atoms with E-state index in [0.717, 1.165) is 39.6 Å². The number of hydrogen-bond donors (Lipinski definition) is 0. The molecular formula is C98H145N17. The van der Waals surface area contributed by atoms with Crippen molar-refractivity contribution < 1.29 is 0 Å². The zero-order valence-corrected chi connectivity index (χ0v) is 76.7. The van der Waals surface area contributed by atoms with Gasteiger partial charge in [0.1, 0.15) is 37.0 Å². The number of para-hydroxylation sites is 1. The highest BCUT2D eigenvalue weighted by Crippen LogP contribution is 2.18. The molecular weight excluding hydrogens is 1420 g/mol. The molecule has 0 aliphatic carbocycles. The van der Waals surface area contributed by atoms with E-state index in [0.29, 0.717) is 0 Å². The van der Waals surface area contributed by atoms with Crippen molar-refractivity contribution >= 4 is 43.4 Å². The monoisotopic (exact) mass is 1560 g/mol. The summed E-state index contributed by atoms with van der Waals surface area (Å²) < 4.78 is 0. The average Bonchev–Trinajstić information content (AvgIpc) is 0.864. The van der Waals surface area contributed by atoms with Crippen molar-refractivity contribution in [3.8, 4) is 0 Å². The summed E-state index contributed by atoms with van der Waals surface area (Å²) in [7, 11) is 0. The third-order valence-electron chi connectivity index (χ3n) is 12.6. The van der Waals surface area contributed by atoms with Crippen molar-refractivity contribution in [2.45, 2.75) is 228 Å². The quantitative estimate of drug-likeness (QED) is 0.138. The van der Waals surface area contributed by atoms with Crippen LogP contribution >= 0.6 is 0 Å². The predicted molar refractivity (Wildman–Crippen MR) is 500 cm³/mol. The van der Waals surface area contributed by atoms with Gasteiger partial charge in [0, 0.05) is 139 Å². The molecule has 622 valence electrons. The molecule has 0 fully saturated rings. The molecule has 0 aliphatic heterocycles. The fourth-order valence-electron chi connectivity index (χ4n) is 7.71. The Balaban J connectivity index is -0.000000219. The van der Waals surface area contributed by atoms with Crippen LogP contribution in [0.1, 0.15) is 214 Å². The Labute approximate surface area is 697 Å². The van der Waals surface area contributed by atoms with Gasteiger partial charge in [-0.3, -0.25) is 39.9 Å². The first-order valence-electron chi connectivity index (χ1n) is 40.7. The first-order chi connectivity index (χ1) is 56.3. The Hall–Kier alpha value is -11.9. The van der Waals surface area contributed by atoms with E-state index in [9.17, 15) is 0 Å². The van der Waals surface area contributed by atoms with Crippen LogP contribution in [0.15, 0.2) is 282 Å². The van der Waals surface area contributed by atoms with E-state index >= 15 is 0 Å². The number of aromatic nitrogens is 17. The number of nitrogens with zero attached hydrogens (tertiary/aromatic N) is 17. The van der Waals surface area contributed by atoms with Crippen LogP contribution in [-0.2, 0) is 0 Å². The molecule has 15 aromatic rings. The topological polar surface area (TPSA) is 219 Å². The summed E-state index contributed by atoms with van der Waals surface area (Å²) in [5, 5.41) is 7.48. The van der Waals surface area contributed by atoms with Crippen LogP contribution in [0.4, 0.5) is 0 Å². The summed E-state index contributed by atoms with van der Waals surface area (Å²) in [6.07, 6.45) is 38.1. The van der Waals surface area contributed by atoms with Crippen molar-refractivity contribution in [2.24, 2.45) is 0 Å². The van der Waals surface area contributed by atoms with Crippen LogP contribution < -0.4 is 0 Å². The van der Waals surface area contributed by atoms with E-state index in [-0.39, 0.29) is 0 Å². The second kappa shape index (κ2) is 89.4. The molecule has 0 saturated carbocycles. The molecule has 0 amide bonds. The van der Waals surface area contributed by atoms with Gasteiger partial charge in [0.05, 0.1) is 16.7 Å². The smallest absolute Gasteiger partial charge is 0.128 e. The Morgan fingerprint density at radius 3 is 1.02 bits per heavy atom. The normalized spacial score (nSPS) is 8.22. The number of rotatable bonds is 0. The average molecular weight is 1560 g/mol. The maximum Gasteiger partial charge on any atom is 0.128 e. The number of fused-ring (bicyclic) bond motifs is 4. The lowest BCUT2D eigenvalue weighted by molar-refractivity contribution is 0.974. The van der Waals surface area contributed by atoms with Crippen LogP contribution in [0.25, 0.3) is 43.4 Å². The Bertz CT molecular complexity index is 3700. The van der Waals surface area contributed by atoms with Crippen molar-refractivity contribution in [1.82, 2.24) is 84.7 Å². The van der Waals surface area contributed by atoms with Crippen LogP contribution in [0.3, 0.4) is 0 Å². The Morgan fingerprint density at radius 1 is 0.183 bits per heavy atom. The highest BCUT2D eigenvalue weighted by atomic mass is 15.0. The lowest BCUT2D eigenvalue weighted by Crippen LogP contribution is -1.84. The number of aryl methyl sites for hydroxylation is 11. The SMILES string of the molecule is CC.CC.CC.CC.CC.CC.CC.CC.CC.CC.CC.Cc1cccc2cccnc12.Cc1cccc2ccncc12.Cc1cccc2cnccc12.Cc1cccc2ncccc12.Cc1cccnc1.Cc1ccncc1.Cc1ccncn1.Cc1cnccn1.Cc1cncnc1.Cc1ncccn1.Cc1ncncn1. The molecule has 0 radical (unpaired) electrons. The zero-order chi connectivity index (χ0) is 88.5. The van der Waals surface area contributed by atoms with E-state index < -0.39 is 0 Å². The second-order valence-electron chi connectivity index (χ2n) is 20.3. The summed E-state index contributed by atoms with van der Waals surface area (Å²) in [6, 6.07) is 48.6. The number of benzene rings is 4. The zero-order valence-electron chi connectivity index (χ0n) is 76.7. The highest BCUT2D eigenvalue weighted by molar-refractivity contribution is 5.85. The van der Waals surface area contributed by atoms with Gasteiger partial charge >= 0.3 is 0 Å². The van der Waals surface area contributed by atoms with Gasteiger partial charge in [-0.05, 0) is 187 Å². The van der Waals surface area contributed by atoms with Crippen molar-refractivity contribution in [1.29, 1.82) is 0 Å². The van der Waals surface area contributed by atoms with Crippen molar-refractivity contribution in [3.05, 3.63) is 344 Å². The fraction of sp³-hybridized carbons (Fsp3) is 0.337. The maximum absolute atomic E-state index is 4.28. The van der Waals surface area contributed by atoms with E-state index in [1.807, 2.05) is 311 Å². The third-order valence-corrected chi connectivity index (χ3v) is 12.6. The summed E-state index contributed by atoms with van der Waals surface area (Å²) in [5.41, 5.74) is 12.8. The van der Waals surface area contributed by atoms with E-state index in [2.05, 4.69) is 185 Å². The van der Waals surface area contributed by atoms with Gasteiger partial charge in [-0.2, -0.15) is 0 Å². The molecule has 17 heteroatoms. The van der Waals surface area contributed by atoms with Gasteiger partial charge in [0.2, 0.25) is 0 Å². The summed E-state index contributed by atoms with van der Waals surface area (Å²) in [4.78, 5) is 66.1. The minimum atomic E-state index is 0.759. The van der Waals surface area contributed by atoms with Gasteiger partial charge in [-0.1, -0.05) is 237 Å². The Kier molecular flexibility index (Phi) is 90.5. The standard InChI is InChI=1S/4C10H9N.2C6H7N.4C5H6N2.C4H5N3.11C2H6/c1-8-4-2-6-10-9(8)5-3-7-11-10;1-8-4-2-5-9-6-3-7-11-10(8)9;1-8-3-2-4-9-7-11-6-5-10(8)9;1-8-3-2-4-9-5-6-11-7-10(8)9;1-6-2-4-7-5-3-6;1-6-3-2-4-7-5-6;1-5-2-6-4-7-3-5;1-5-4-6-2-3-7-5;1-5-2-3-6-4-7-5;1-5-6-3-2-4-7-5;1-4-6-2-5-3-7-4;11*1-2/h4*2-7H,1H3;2*2-5H,1H3;4*2-4H,1H3;2-3H,1H3;11*1-2H3. The lowest BCUT2D eigenvalue weighted by atomic mass is 10.1. The molecule has 11 aromatic heterocycles. The minimum absolute atomic E-state index is 0.759. The fourth-order valence-corrected chi connectivity index (χ4v) is 7.71. The van der Waals surface area contributed by atoms with E-state index in [1.54, 1.807) is 74.2 Å². The second-order valence-corrected chi connectivity index (χ2v) is 20.3. The molecule has 17 nitrogen and oxygen atoms in total. The van der Waals surface area contributed by atoms with Crippen LogP contribution in [0.5, 0.6) is 0 Å². The van der Waals surface area contributed by atoms with Gasteiger partial charge in [-0.25, -0.2) is 44.9 Å². The highest BCUT2D eigenvalue weighted by Gasteiger charge is 1.97. The number of pyridine rings is 6. The minimum Gasteiger partial charge on any atom is -0.265 e. The number of hydrogen-bond acceptors (Lipinski definition) is 17. The molecule has 15 rings (SSSR count). The Morgan fingerprint density at radius 2 is 0.617 bits per heavy atom. The van der Waals surface area contributed by atoms with Gasteiger partial charge in [-0.15, -0.1) is 0 Å².